The van der Waals surface area contributed by atoms with E-state index < -0.39 is 0 Å². The number of nitrogens with zero attached hydrogens (tertiary/aromatic N) is 1. The van der Waals surface area contributed by atoms with Gasteiger partial charge in [0.2, 0.25) is 5.95 Å². The molecule has 0 amide bonds. The third-order valence-corrected chi connectivity index (χ3v) is 3.28. The Hall–Kier alpha value is -0.440. The largest absolute Gasteiger partial charge is 0.227 e. The van der Waals surface area contributed by atoms with Gasteiger partial charge in [0.25, 0.3) is 0 Å². The van der Waals surface area contributed by atoms with Gasteiger partial charge in [-0.05, 0) is 5.92 Å². The van der Waals surface area contributed by atoms with Crippen LogP contribution in [-0.2, 0) is 0 Å². The van der Waals surface area contributed by atoms with E-state index in [1.165, 1.54) is 11.3 Å². The third kappa shape index (κ3) is 1.83. The van der Waals surface area contributed by atoms with Gasteiger partial charge in [0.05, 0.1) is 9.88 Å². The van der Waals surface area contributed by atoms with E-state index in [0.717, 1.165) is 9.88 Å². The highest BCUT2D eigenvalue weighted by Gasteiger charge is 2.15. The molecule has 0 saturated heterocycles. The molecule has 1 rings (SSSR count). The van der Waals surface area contributed by atoms with Gasteiger partial charge in [0.15, 0.2) is 0 Å². The van der Waals surface area contributed by atoms with Gasteiger partial charge < -0.3 is 0 Å². The Kier molecular flexibility index (Phi) is 2.83. The standard InChI is InChI=1S/C9H14FNS/c1-5(2)7-8(10)11-9(12-7)6(3)4/h5-6H,1-4H3. The van der Waals surface area contributed by atoms with Gasteiger partial charge in [-0.25, -0.2) is 4.98 Å². The van der Waals surface area contributed by atoms with Crippen LogP contribution in [0.1, 0.15) is 49.4 Å². The van der Waals surface area contributed by atoms with Crippen LogP contribution < -0.4 is 0 Å². The SMILES string of the molecule is CC(C)c1nc(F)c(C(C)C)s1. The second-order valence-electron chi connectivity index (χ2n) is 3.52. The van der Waals surface area contributed by atoms with Gasteiger partial charge in [0, 0.05) is 5.92 Å². The summed E-state index contributed by atoms with van der Waals surface area (Å²) in [5.74, 6) is 0.297. The Morgan fingerprint density at radius 1 is 1.17 bits per heavy atom. The van der Waals surface area contributed by atoms with E-state index >= 15 is 0 Å². The number of rotatable bonds is 2. The summed E-state index contributed by atoms with van der Waals surface area (Å²) in [4.78, 5) is 4.66. The lowest BCUT2D eigenvalue weighted by atomic mass is 10.2. The van der Waals surface area contributed by atoms with E-state index in [1.54, 1.807) is 0 Å². The average molecular weight is 187 g/mol. The van der Waals surface area contributed by atoms with Crippen molar-refractivity contribution >= 4 is 11.3 Å². The summed E-state index contributed by atoms with van der Waals surface area (Å²) in [7, 11) is 0. The Balaban J connectivity index is 3.00. The first-order chi connectivity index (χ1) is 5.52. The summed E-state index contributed by atoms with van der Waals surface area (Å²) in [6.45, 7) is 8.03. The Morgan fingerprint density at radius 2 is 1.75 bits per heavy atom. The maximum absolute atomic E-state index is 13.1. The number of thiazole rings is 1. The fourth-order valence-corrected chi connectivity index (χ4v) is 1.88. The molecule has 1 heterocycles. The maximum atomic E-state index is 13.1. The molecule has 0 aromatic carbocycles. The zero-order valence-electron chi connectivity index (χ0n) is 7.89. The number of halogens is 1. The molecule has 0 aliphatic heterocycles. The molecule has 3 heteroatoms. The lowest BCUT2D eigenvalue weighted by Gasteiger charge is -1.98. The maximum Gasteiger partial charge on any atom is 0.227 e. The van der Waals surface area contributed by atoms with Gasteiger partial charge in [-0.2, -0.15) is 4.39 Å². The van der Waals surface area contributed by atoms with Gasteiger partial charge >= 0.3 is 0 Å². The molecule has 12 heavy (non-hydrogen) atoms. The van der Waals surface area contributed by atoms with E-state index in [4.69, 9.17) is 0 Å². The summed E-state index contributed by atoms with van der Waals surface area (Å²) in [6.07, 6.45) is 0. The zero-order valence-corrected chi connectivity index (χ0v) is 8.70. The van der Waals surface area contributed by atoms with Crippen molar-refractivity contribution in [1.82, 2.24) is 4.98 Å². The molecular weight excluding hydrogens is 173 g/mol. The predicted molar refractivity (Wildman–Crippen MR) is 50.3 cm³/mol. The van der Waals surface area contributed by atoms with Crippen molar-refractivity contribution in [2.45, 2.75) is 39.5 Å². The van der Waals surface area contributed by atoms with Gasteiger partial charge in [-0.3, -0.25) is 0 Å². The normalized spacial score (nSPS) is 11.6. The molecule has 0 atom stereocenters. The van der Waals surface area contributed by atoms with Gasteiger partial charge in [-0.15, -0.1) is 11.3 Å². The molecule has 0 aliphatic rings. The minimum Gasteiger partial charge on any atom is -0.213 e. The molecule has 0 spiro atoms. The first-order valence-corrected chi connectivity index (χ1v) is 5.00. The third-order valence-electron chi connectivity index (χ3n) is 1.64. The molecule has 0 N–H and O–H groups in total. The van der Waals surface area contributed by atoms with Crippen LogP contribution in [0.3, 0.4) is 0 Å². The average Bonchev–Trinajstić information content (AvgIpc) is 2.30. The molecule has 0 radical (unpaired) electrons. The molecule has 0 fully saturated rings. The lowest BCUT2D eigenvalue weighted by molar-refractivity contribution is 0.563. The lowest BCUT2D eigenvalue weighted by Crippen LogP contribution is -1.87. The summed E-state index contributed by atoms with van der Waals surface area (Å²) in [6, 6.07) is 0. The minimum atomic E-state index is -0.279. The van der Waals surface area contributed by atoms with Crippen LogP contribution in [0.4, 0.5) is 4.39 Å². The van der Waals surface area contributed by atoms with E-state index in [9.17, 15) is 4.39 Å². The number of hydrogen-bond acceptors (Lipinski definition) is 2. The van der Waals surface area contributed by atoms with Crippen LogP contribution in [-0.4, -0.2) is 4.98 Å². The van der Waals surface area contributed by atoms with Crippen molar-refractivity contribution in [1.29, 1.82) is 0 Å². The molecule has 68 valence electrons. The molecule has 0 bridgehead atoms. The Bertz CT molecular complexity index is 265. The summed E-state index contributed by atoms with van der Waals surface area (Å²) >= 11 is 1.49. The zero-order chi connectivity index (χ0) is 9.30. The van der Waals surface area contributed by atoms with Crippen molar-refractivity contribution in [3.05, 3.63) is 15.8 Å². The quantitative estimate of drug-likeness (QED) is 0.690. The molecule has 1 nitrogen and oxygen atoms in total. The summed E-state index contributed by atoms with van der Waals surface area (Å²) in [5.41, 5.74) is 0. The van der Waals surface area contributed by atoms with E-state index in [0.29, 0.717) is 5.92 Å². The molecule has 1 aromatic rings. The summed E-state index contributed by atoms with van der Waals surface area (Å²) in [5, 5.41) is 0.899. The fraction of sp³-hybridized carbons (Fsp3) is 0.667. The highest BCUT2D eigenvalue weighted by Crippen LogP contribution is 2.29. The smallest absolute Gasteiger partial charge is 0.213 e. The van der Waals surface area contributed by atoms with Crippen molar-refractivity contribution < 1.29 is 4.39 Å². The fourth-order valence-electron chi connectivity index (χ4n) is 0.932. The van der Waals surface area contributed by atoms with Crippen molar-refractivity contribution in [2.75, 3.05) is 0 Å². The van der Waals surface area contributed by atoms with E-state index in [1.807, 2.05) is 27.7 Å². The van der Waals surface area contributed by atoms with Crippen LogP contribution in [0, 0.1) is 5.95 Å². The highest BCUT2D eigenvalue weighted by atomic mass is 32.1. The molecule has 0 unspecified atom stereocenters. The van der Waals surface area contributed by atoms with Crippen molar-refractivity contribution in [3.8, 4) is 0 Å². The molecule has 0 saturated carbocycles. The Labute approximate surface area is 76.6 Å². The minimum absolute atomic E-state index is 0.245. The summed E-state index contributed by atoms with van der Waals surface area (Å²) < 4.78 is 13.1. The molecule has 0 aliphatic carbocycles. The monoisotopic (exact) mass is 187 g/mol. The van der Waals surface area contributed by atoms with Gasteiger partial charge in [-0.1, -0.05) is 27.7 Å². The van der Waals surface area contributed by atoms with Crippen LogP contribution >= 0.6 is 11.3 Å². The second kappa shape index (κ2) is 3.52. The first-order valence-electron chi connectivity index (χ1n) is 4.18. The number of aromatic nitrogens is 1. The van der Waals surface area contributed by atoms with Crippen LogP contribution in [0.2, 0.25) is 0 Å². The van der Waals surface area contributed by atoms with E-state index in [2.05, 4.69) is 4.98 Å². The van der Waals surface area contributed by atoms with Crippen LogP contribution in [0.5, 0.6) is 0 Å². The molecule has 1 aromatic heterocycles. The predicted octanol–water partition coefficient (Wildman–Crippen LogP) is 3.53. The topological polar surface area (TPSA) is 12.9 Å². The van der Waals surface area contributed by atoms with Crippen LogP contribution in [0.15, 0.2) is 0 Å². The second-order valence-corrected chi connectivity index (χ2v) is 4.58. The van der Waals surface area contributed by atoms with Crippen LogP contribution in [0.25, 0.3) is 0 Å². The van der Waals surface area contributed by atoms with Crippen molar-refractivity contribution in [2.24, 2.45) is 0 Å². The molecular formula is C9H14FNS. The first kappa shape index (κ1) is 9.65. The number of hydrogen-bond donors (Lipinski definition) is 0. The highest BCUT2D eigenvalue weighted by molar-refractivity contribution is 7.11. The van der Waals surface area contributed by atoms with Crippen molar-refractivity contribution in [3.63, 3.8) is 0 Å². The Morgan fingerprint density at radius 3 is 2.00 bits per heavy atom. The van der Waals surface area contributed by atoms with E-state index in [-0.39, 0.29) is 11.9 Å². The van der Waals surface area contributed by atoms with Gasteiger partial charge in [0.1, 0.15) is 0 Å².